The molecule has 0 aromatic heterocycles. The Labute approximate surface area is 227 Å². The summed E-state index contributed by atoms with van der Waals surface area (Å²) in [5.41, 5.74) is -4.31. The summed E-state index contributed by atoms with van der Waals surface area (Å²) in [5, 5.41) is 1.80. The number of alkyl halides is 9. The highest BCUT2D eigenvalue weighted by atomic mass is 79.9. The van der Waals surface area contributed by atoms with Crippen LogP contribution in [0.1, 0.15) is 33.0 Å². The average molecular weight is 658 g/mol. The highest BCUT2D eigenvalue weighted by Gasteiger charge is 2.41. The van der Waals surface area contributed by atoms with Gasteiger partial charge in [0.05, 0.1) is 22.7 Å². The summed E-state index contributed by atoms with van der Waals surface area (Å²) < 4.78 is 134. The van der Waals surface area contributed by atoms with Gasteiger partial charge in [-0.15, -0.1) is 0 Å². The van der Waals surface area contributed by atoms with Gasteiger partial charge in [0.1, 0.15) is 18.3 Å². The molecule has 0 spiro atoms. The first kappa shape index (κ1) is 32.4. The van der Waals surface area contributed by atoms with Crippen molar-refractivity contribution in [3.63, 3.8) is 0 Å². The summed E-state index contributed by atoms with van der Waals surface area (Å²) in [6, 6.07) is 4.20. The van der Waals surface area contributed by atoms with Crippen LogP contribution in [0.4, 0.5) is 43.9 Å². The molecule has 2 aromatic carbocycles. The largest absolute Gasteiger partial charge is 0.417 e. The van der Waals surface area contributed by atoms with E-state index in [1.54, 1.807) is 5.32 Å². The van der Waals surface area contributed by atoms with Crippen LogP contribution in [0.5, 0.6) is 0 Å². The molecule has 0 saturated heterocycles. The van der Waals surface area contributed by atoms with Crippen molar-refractivity contribution in [2.75, 3.05) is 20.1 Å². The normalized spacial score (nSPS) is 13.7. The topological polar surface area (TPSA) is 49.4 Å². The molecule has 16 heteroatoms. The SMILES string of the molecule is CN(CC(F)(F)F)C(=O)CNC(=O)c1ccc(C(F)=CC(c2ccc(Cl)c(Br)c2)C(F)(F)F)cc1C(F)(F)F. The number of nitrogens with zero attached hydrogens (tertiary/aromatic N) is 1. The maximum atomic E-state index is 14.9. The van der Waals surface area contributed by atoms with Gasteiger partial charge >= 0.3 is 18.5 Å². The first-order valence-corrected chi connectivity index (χ1v) is 11.6. The molecule has 0 saturated carbocycles. The zero-order valence-electron chi connectivity index (χ0n) is 19.3. The average Bonchev–Trinajstić information content (AvgIpc) is 2.79. The fourth-order valence-electron chi connectivity index (χ4n) is 3.20. The number of benzene rings is 2. The van der Waals surface area contributed by atoms with Crippen LogP contribution in [-0.2, 0) is 11.0 Å². The fourth-order valence-corrected chi connectivity index (χ4v) is 3.71. The van der Waals surface area contributed by atoms with E-state index in [0.29, 0.717) is 12.1 Å². The predicted molar refractivity (Wildman–Crippen MR) is 125 cm³/mol. The third kappa shape index (κ3) is 9.12. The molecule has 1 unspecified atom stereocenters. The van der Waals surface area contributed by atoms with Crippen molar-refractivity contribution in [1.29, 1.82) is 0 Å². The summed E-state index contributed by atoms with van der Waals surface area (Å²) in [6.45, 7) is -2.77. The third-order valence-corrected chi connectivity index (χ3v) is 6.27. The van der Waals surface area contributed by atoms with E-state index in [4.69, 9.17) is 11.6 Å². The maximum Gasteiger partial charge on any atom is 0.417 e. The van der Waals surface area contributed by atoms with Gasteiger partial charge in [0.15, 0.2) is 0 Å². The fraction of sp³-hybridized carbons (Fsp3) is 0.304. The van der Waals surface area contributed by atoms with Crippen molar-refractivity contribution >= 4 is 45.2 Å². The van der Waals surface area contributed by atoms with E-state index < -0.39 is 77.4 Å². The van der Waals surface area contributed by atoms with E-state index in [9.17, 15) is 53.5 Å². The second-order valence-corrected chi connectivity index (χ2v) is 9.27. The second-order valence-electron chi connectivity index (χ2n) is 8.01. The lowest BCUT2D eigenvalue weighted by molar-refractivity contribution is -0.157. The van der Waals surface area contributed by atoms with E-state index in [2.05, 4.69) is 15.9 Å². The number of hydrogen-bond donors (Lipinski definition) is 1. The van der Waals surface area contributed by atoms with Crippen LogP contribution in [0.25, 0.3) is 5.83 Å². The number of likely N-dealkylation sites (N-methyl/N-ethyl adjacent to an activating group) is 1. The van der Waals surface area contributed by atoms with Crippen LogP contribution < -0.4 is 5.32 Å². The number of hydrogen-bond acceptors (Lipinski definition) is 2. The number of allylic oxidation sites excluding steroid dienone is 1. The number of amides is 2. The van der Waals surface area contributed by atoms with Crippen molar-refractivity contribution in [2.45, 2.75) is 24.4 Å². The molecule has 0 fully saturated rings. The summed E-state index contributed by atoms with van der Waals surface area (Å²) in [4.78, 5) is 24.2. The lowest BCUT2D eigenvalue weighted by Gasteiger charge is -2.20. The molecule has 0 heterocycles. The van der Waals surface area contributed by atoms with Gasteiger partial charge in [-0.1, -0.05) is 23.7 Å². The number of nitrogens with one attached hydrogen (secondary N) is 1. The lowest BCUT2D eigenvalue weighted by Crippen LogP contribution is -2.42. The van der Waals surface area contributed by atoms with Crippen LogP contribution in [-0.4, -0.2) is 49.2 Å². The molecule has 0 aliphatic heterocycles. The van der Waals surface area contributed by atoms with Crippen LogP contribution >= 0.6 is 27.5 Å². The Morgan fingerprint density at radius 2 is 1.64 bits per heavy atom. The molecule has 1 N–H and O–H groups in total. The smallest absolute Gasteiger partial charge is 0.343 e. The van der Waals surface area contributed by atoms with Gasteiger partial charge in [-0.25, -0.2) is 4.39 Å². The molecule has 0 bridgehead atoms. The van der Waals surface area contributed by atoms with Crippen molar-refractivity contribution < 1.29 is 53.5 Å². The first-order valence-electron chi connectivity index (χ1n) is 10.4. The number of carbonyl (C=O) groups is 2. The molecule has 0 aliphatic carbocycles. The van der Waals surface area contributed by atoms with Crippen LogP contribution in [0, 0.1) is 0 Å². The Morgan fingerprint density at radius 1 is 1.03 bits per heavy atom. The second kappa shape index (κ2) is 12.1. The minimum Gasteiger partial charge on any atom is -0.343 e. The Morgan fingerprint density at radius 3 is 2.15 bits per heavy atom. The molecular weight excluding hydrogens is 642 g/mol. The van der Waals surface area contributed by atoms with Crippen molar-refractivity contribution in [3.8, 4) is 0 Å². The van der Waals surface area contributed by atoms with Gasteiger partial charge in [-0.05, 0) is 51.8 Å². The van der Waals surface area contributed by atoms with E-state index in [1.807, 2.05) is 0 Å². The lowest BCUT2D eigenvalue weighted by atomic mass is 9.95. The molecule has 4 nitrogen and oxygen atoms in total. The molecule has 214 valence electrons. The van der Waals surface area contributed by atoms with Gasteiger partial charge in [-0.2, -0.15) is 39.5 Å². The summed E-state index contributed by atoms with van der Waals surface area (Å²) in [5.74, 6) is -7.08. The zero-order chi connectivity index (χ0) is 29.9. The summed E-state index contributed by atoms with van der Waals surface area (Å²) >= 11 is 8.70. The molecule has 2 amide bonds. The summed E-state index contributed by atoms with van der Waals surface area (Å²) in [6.07, 6.45) is -15.1. The van der Waals surface area contributed by atoms with Gasteiger partial charge in [0.2, 0.25) is 5.91 Å². The highest BCUT2D eigenvalue weighted by Crippen LogP contribution is 2.41. The number of halogens is 12. The van der Waals surface area contributed by atoms with Crippen molar-refractivity contribution in [2.24, 2.45) is 0 Å². The van der Waals surface area contributed by atoms with E-state index in [1.165, 1.54) is 0 Å². The molecule has 2 aromatic rings. The minimum atomic E-state index is -5.30. The molecular formula is C23H16BrClF10N2O2. The van der Waals surface area contributed by atoms with Gasteiger partial charge in [-0.3, -0.25) is 9.59 Å². The quantitative estimate of drug-likeness (QED) is 0.313. The first-order chi connectivity index (χ1) is 17.7. The van der Waals surface area contributed by atoms with Crippen molar-refractivity contribution in [1.82, 2.24) is 10.2 Å². The van der Waals surface area contributed by atoms with E-state index in [0.717, 1.165) is 25.2 Å². The number of rotatable bonds is 7. The highest BCUT2D eigenvalue weighted by molar-refractivity contribution is 9.10. The molecule has 0 radical (unpaired) electrons. The van der Waals surface area contributed by atoms with Gasteiger partial charge in [0.25, 0.3) is 5.91 Å². The minimum absolute atomic E-state index is 0.0556. The van der Waals surface area contributed by atoms with E-state index in [-0.39, 0.29) is 26.5 Å². The molecule has 2 rings (SSSR count). The Hall–Kier alpha value is -2.81. The number of carbonyl (C=O) groups excluding carboxylic acids is 2. The molecule has 0 aliphatic rings. The van der Waals surface area contributed by atoms with Gasteiger partial charge in [0, 0.05) is 17.1 Å². The predicted octanol–water partition coefficient (Wildman–Crippen LogP) is 7.53. The van der Waals surface area contributed by atoms with Gasteiger partial charge < -0.3 is 10.2 Å². The van der Waals surface area contributed by atoms with E-state index >= 15 is 0 Å². The Bertz CT molecular complexity index is 1260. The van der Waals surface area contributed by atoms with Crippen molar-refractivity contribution in [3.05, 3.63) is 74.2 Å². The standard InChI is InChI=1S/C23H16BrClF10N2O2/c1-37(10-21(27,28)29)19(38)9-36-20(39)13-4-2-12(6-15(13)23(33,34)35)18(26)8-14(22(30,31)32)11-3-5-17(25)16(24)7-11/h2-8,14H,9-10H2,1H3,(H,36,39). The molecule has 39 heavy (non-hydrogen) atoms. The summed E-state index contributed by atoms with van der Waals surface area (Å²) in [7, 11) is 0.754. The maximum absolute atomic E-state index is 14.9. The monoisotopic (exact) mass is 656 g/mol. The Kier molecular flexibility index (Phi) is 10.1. The van der Waals surface area contributed by atoms with Crippen LogP contribution in [0.3, 0.4) is 0 Å². The molecule has 1 atom stereocenters. The third-order valence-electron chi connectivity index (χ3n) is 5.06. The zero-order valence-corrected chi connectivity index (χ0v) is 21.7. The van der Waals surface area contributed by atoms with Crippen LogP contribution in [0.15, 0.2) is 46.9 Å². The Balaban J connectivity index is 2.39. The van der Waals surface area contributed by atoms with Crippen LogP contribution in [0.2, 0.25) is 5.02 Å².